The number of hydrogen-bond acceptors (Lipinski definition) is 4. The summed E-state index contributed by atoms with van der Waals surface area (Å²) in [6.07, 6.45) is 8.37. The molecule has 0 saturated heterocycles. The molecule has 4 nitrogen and oxygen atoms in total. The van der Waals surface area contributed by atoms with E-state index >= 15 is 0 Å². The van der Waals surface area contributed by atoms with Crippen molar-refractivity contribution in [2.75, 3.05) is 20.8 Å². The van der Waals surface area contributed by atoms with Crippen molar-refractivity contribution in [2.45, 2.75) is 70.4 Å². The van der Waals surface area contributed by atoms with Gasteiger partial charge in [0.2, 0.25) is 0 Å². The summed E-state index contributed by atoms with van der Waals surface area (Å²) in [6, 6.07) is 0. The lowest BCUT2D eigenvalue weighted by atomic mass is 9.85. The van der Waals surface area contributed by atoms with Crippen LogP contribution >= 0.6 is 0 Å². The lowest BCUT2D eigenvalue weighted by Gasteiger charge is -2.31. The first-order chi connectivity index (χ1) is 9.57. The van der Waals surface area contributed by atoms with E-state index in [1.807, 2.05) is 6.92 Å². The minimum Gasteiger partial charge on any atom is -0.468 e. The number of carbonyl (C=O) groups is 1. The smallest absolute Gasteiger partial charge is 0.325 e. The second-order valence-electron chi connectivity index (χ2n) is 6.04. The highest BCUT2D eigenvalue weighted by molar-refractivity contribution is 5.80. The molecule has 0 amide bonds. The van der Waals surface area contributed by atoms with E-state index in [9.17, 15) is 4.79 Å². The summed E-state index contributed by atoms with van der Waals surface area (Å²) in [5.74, 6) is 0.518. The quantitative estimate of drug-likeness (QED) is 0.550. The van der Waals surface area contributed by atoms with E-state index in [1.54, 1.807) is 7.05 Å². The third-order valence-corrected chi connectivity index (χ3v) is 4.70. The lowest BCUT2D eigenvalue weighted by Crippen LogP contribution is -2.48. The van der Waals surface area contributed by atoms with Gasteiger partial charge in [0.05, 0.1) is 13.2 Å². The van der Waals surface area contributed by atoms with Gasteiger partial charge < -0.3 is 14.8 Å². The molecule has 0 aliphatic heterocycles. The highest BCUT2D eigenvalue weighted by Crippen LogP contribution is 2.29. The van der Waals surface area contributed by atoms with Gasteiger partial charge in [0.1, 0.15) is 5.54 Å². The van der Waals surface area contributed by atoms with Gasteiger partial charge in [0, 0.05) is 6.61 Å². The monoisotopic (exact) mass is 285 g/mol. The van der Waals surface area contributed by atoms with E-state index in [4.69, 9.17) is 9.47 Å². The molecule has 1 fully saturated rings. The first-order valence-electron chi connectivity index (χ1n) is 7.96. The fourth-order valence-corrected chi connectivity index (χ4v) is 3.07. The van der Waals surface area contributed by atoms with Crippen LogP contribution in [0, 0.1) is 5.92 Å². The van der Waals surface area contributed by atoms with Gasteiger partial charge in [-0.2, -0.15) is 0 Å². The summed E-state index contributed by atoms with van der Waals surface area (Å²) >= 11 is 0. The van der Waals surface area contributed by atoms with Gasteiger partial charge >= 0.3 is 5.97 Å². The highest BCUT2D eigenvalue weighted by Gasteiger charge is 2.32. The van der Waals surface area contributed by atoms with Gasteiger partial charge in [-0.25, -0.2) is 0 Å². The van der Waals surface area contributed by atoms with E-state index in [-0.39, 0.29) is 5.97 Å². The summed E-state index contributed by atoms with van der Waals surface area (Å²) < 4.78 is 10.9. The molecule has 0 spiro atoms. The molecule has 1 saturated carbocycles. The molecular weight excluding hydrogens is 254 g/mol. The minimum absolute atomic E-state index is 0.205. The predicted octanol–water partition coefficient (Wildman–Crippen LogP) is 2.90. The van der Waals surface area contributed by atoms with Gasteiger partial charge in [0.25, 0.3) is 0 Å². The van der Waals surface area contributed by atoms with Gasteiger partial charge in [-0.05, 0) is 45.6 Å². The Bertz CT molecular complexity index is 295. The molecule has 0 heterocycles. The van der Waals surface area contributed by atoms with E-state index in [0.717, 1.165) is 25.4 Å². The molecule has 1 aliphatic rings. The largest absolute Gasteiger partial charge is 0.468 e. The second-order valence-corrected chi connectivity index (χ2v) is 6.04. The Morgan fingerprint density at radius 2 is 2.05 bits per heavy atom. The average molecular weight is 285 g/mol. The predicted molar refractivity (Wildman–Crippen MR) is 80.7 cm³/mol. The lowest BCUT2D eigenvalue weighted by molar-refractivity contribution is -0.148. The van der Waals surface area contributed by atoms with Crippen molar-refractivity contribution in [3.05, 3.63) is 0 Å². The maximum atomic E-state index is 11.7. The Balaban J connectivity index is 2.31. The van der Waals surface area contributed by atoms with Gasteiger partial charge in [-0.1, -0.05) is 26.2 Å². The van der Waals surface area contributed by atoms with Crippen molar-refractivity contribution in [3.63, 3.8) is 0 Å². The SMILES string of the molecule is CCC1CCCCC1OCCCC(C)(NC)C(=O)OC. The first-order valence-corrected chi connectivity index (χ1v) is 7.96. The summed E-state index contributed by atoms with van der Waals surface area (Å²) in [7, 11) is 3.23. The highest BCUT2D eigenvalue weighted by atomic mass is 16.5. The van der Waals surface area contributed by atoms with Crippen LogP contribution in [-0.4, -0.2) is 38.4 Å². The zero-order valence-corrected chi connectivity index (χ0v) is 13.5. The number of methoxy groups -OCH3 is 1. The van der Waals surface area contributed by atoms with E-state index < -0.39 is 5.54 Å². The molecule has 0 aromatic heterocycles. The van der Waals surface area contributed by atoms with Gasteiger partial charge in [-0.3, -0.25) is 4.79 Å². The van der Waals surface area contributed by atoms with Crippen LogP contribution in [0.25, 0.3) is 0 Å². The minimum atomic E-state index is -0.602. The Kier molecular flexibility index (Phi) is 7.52. The average Bonchev–Trinajstić information content (AvgIpc) is 2.50. The maximum absolute atomic E-state index is 11.7. The van der Waals surface area contributed by atoms with Gasteiger partial charge in [-0.15, -0.1) is 0 Å². The zero-order valence-electron chi connectivity index (χ0n) is 13.5. The van der Waals surface area contributed by atoms with Crippen LogP contribution in [-0.2, 0) is 14.3 Å². The van der Waals surface area contributed by atoms with Crippen LogP contribution < -0.4 is 5.32 Å². The number of hydrogen-bond donors (Lipinski definition) is 1. The number of esters is 1. The number of rotatable bonds is 8. The fourth-order valence-electron chi connectivity index (χ4n) is 3.07. The van der Waals surface area contributed by atoms with Crippen molar-refractivity contribution in [1.29, 1.82) is 0 Å². The molecule has 0 radical (unpaired) electrons. The molecule has 0 aromatic rings. The van der Waals surface area contributed by atoms with Crippen LogP contribution in [0.4, 0.5) is 0 Å². The number of ether oxygens (including phenoxy) is 2. The summed E-state index contributed by atoms with van der Waals surface area (Å²) in [4.78, 5) is 11.7. The molecule has 3 unspecified atom stereocenters. The Morgan fingerprint density at radius 3 is 2.65 bits per heavy atom. The van der Waals surface area contributed by atoms with Crippen LogP contribution in [0.5, 0.6) is 0 Å². The van der Waals surface area contributed by atoms with E-state index in [0.29, 0.717) is 6.10 Å². The Morgan fingerprint density at radius 1 is 1.35 bits per heavy atom. The van der Waals surface area contributed by atoms with E-state index in [1.165, 1.54) is 39.2 Å². The van der Waals surface area contributed by atoms with Gasteiger partial charge in [0.15, 0.2) is 0 Å². The van der Waals surface area contributed by atoms with Crippen molar-refractivity contribution >= 4 is 5.97 Å². The Labute approximate surface area is 123 Å². The number of carbonyl (C=O) groups excluding carboxylic acids is 1. The summed E-state index contributed by atoms with van der Waals surface area (Å²) in [5, 5.41) is 3.06. The normalized spacial score (nSPS) is 26.0. The third-order valence-electron chi connectivity index (χ3n) is 4.70. The molecule has 1 aliphatic carbocycles. The van der Waals surface area contributed by atoms with Crippen molar-refractivity contribution in [2.24, 2.45) is 5.92 Å². The molecule has 1 N–H and O–H groups in total. The molecule has 1 rings (SSSR count). The van der Waals surface area contributed by atoms with Crippen molar-refractivity contribution in [1.82, 2.24) is 5.32 Å². The van der Waals surface area contributed by atoms with Crippen LogP contribution in [0.3, 0.4) is 0 Å². The topological polar surface area (TPSA) is 47.6 Å². The molecular formula is C16H31NO3. The van der Waals surface area contributed by atoms with Crippen molar-refractivity contribution < 1.29 is 14.3 Å². The van der Waals surface area contributed by atoms with Crippen LogP contribution in [0.15, 0.2) is 0 Å². The summed E-state index contributed by atoms with van der Waals surface area (Å²) in [5.41, 5.74) is -0.602. The molecule has 0 bridgehead atoms. The molecule has 20 heavy (non-hydrogen) atoms. The van der Waals surface area contributed by atoms with Crippen molar-refractivity contribution in [3.8, 4) is 0 Å². The standard InChI is InChI=1S/C16H31NO3/c1-5-13-9-6-7-10-14(13)20-12-8-11-16(2,17-3)15(18)19-4/h13-14,17H,5-12H2,1-4H3. The van der Waals surface area contributed by atoms with Crippen LogP contribution in [0.2, 0.25) is 0 Å². The number of likely N-dealkylation sites (N-methyl/N-ethyl adjacent to an activating group) is 1. The zero-order chi connectivity index (χ0) is 15.0. The molecule has 3 atom stereocenters. The molecule has 0 aromatic carbocycles. The first kappa shape index (κ1) is 17.4. The summed E-state index contributed by atoms with van der Waals surface area (Å²) in [6.45, 7) is 4.87. The van der Waals surface area contributed by atoms with E-state index in [2.05, 4.69) is 12.2 Å². The third kappa shape index (κ3) is 4.74. The fraction of sp³-hybridized carbons (Fsp3) is 0.938. The molecule has 4 heteroatoms. The Hall–Kier alpha value is -0.610. The molecule has 118 valence electrons. The number of nitrogens with one attached hydrogen (secondary N) is 1. The van der Waals surface area contributed by atoms with Crippen LogP contribution in [0.1, 0.15) is 58.8 Å². The second kappa shape index (κ2) is 8.63. The maximum Gasteiger partial charge on any atom is 0.325 e.